The van der Waals surface area contributed by atoms with E-state index in [2.05, 4.69) is 28.8 Å². The van der Waals surface area contributed by atoms with E-state index in [0.717, 1.165) is 13.1 Å². The summed E-state index contributed by atoms with van der Waals surface area (Å²) in [6.45, 7) is 5.67. The summed E-state index contributed by atoms with van der Waals surface area (Å²) < 4.78 is 22.2. The zero-order valence-electron chi connectivity index (χ0n) is 14.6. The predicted molar refractivity (Wildman–Crippen MR) is 95.4 cm³/mol. The lowest BCUT2D eigenvalue weighted by atomic mass is 10.1. The van der Waals surface area contributed by atoms with E-state index in [-0.39, 0.29) is 28.2 Å². The van der Waals surface area contributed by atoms with Gasteiger partial charge in [0.05, 0.1) is 22.0 Å². The fourth-order valence-corrected chi connectivity index (χ4v) is 4.28. The van der Waals surface area contributed by atoms with Gasteiger partial charge in [-0.05, 0) is 20.9 Å². The molecule has 0 radical (unpaired) electrons. The van der Waals surface area contributed by atoms with E-state index in [1.54, 1.807) is 6.92 Å². The molecule has 25 heavy (non-hydrogen) atoms. The van der Waals surface area contributed by atoms with Crippen molar-refractivity contribution in [2.45, 2.75) is 25.9 Å². The number of fused-ring (bicyclic) bond motifs is 2. The Morgan fingerprint density at radius 3 is 2.76 bits per heavy atom. The van der Waals surface area contributed by atoms with E-state index in [0.29, 0.717) is 23.6 Å². The fourth-order valence-electron chi connectivity index (χ4n) is 4.05. The Morgan fingerprint density at radius 1 is 1.32 bits per heavy atom. The average Bonchev–Trinajstić information content (AvgIpc) is 2.70. The van der Waals surface area contributed by atoms with Crippen LogP contribution in [0.25, 0.3) is 10.9 Å². The highest BCUT2D eigenvalue weighted by Crippen LogP contribution is 2.44. The smallest absolute Gasteiger partial charge is 0.349 e. The molecule has 134 valence electrons. The number of piperazine rings is 1. The highest BCUT2D eigenvalue weighted by molar-refractivity contribution is 6.34. The molecule has 2 aliphatic heterocycles. The summed E-state index contributed by atoms with van der Waals surface area (Å²) in [6.07, 6.45) is 0. The van der Waals surface area contributed by atoms with Crippen molar-refractivity contribution in [3.8, 4) is 5.75 Å². The van der Waals surface area contributed by atoms with Crippen LogP contribution in [0.5, 0.6) is 5.75 Å². The van der Waals surface area contributed by atoms with Gasteiger partial charge in [-0.3, -0.25) is 4.57 Å². The molecule has 0 saturated carbocycles. The van der Waals surface area contributed by atoms with Crippen molar-refractivity contribution >= 4 is 28.3 Å². The zero-order chi connectivity index (χ0) is 18.0. The number of ether oxygens (including phenoxy) is 1. The number of anilines is 1. The third-order valence-corrected chi connectivity index (χ3v) is 5.66. The summed E-state index contributed by atoms with van der Waals surface area (Å²) in [5.74, 6) is 0.380. The molecule has 1 fully saturated rings. The number of aryl methyl sites for hydroxylation is 1. The van der Waals surface area contributed by atoms with Gasteiger partial charge in [-0.15, -0.1) is 0 Å². The molecule has 0 bridgehead atoms. The maximum atomic E-state index is 15.0. The number of hydrogen-bond donors (Lipinski definition) is 0. The third kappa shape index (κ3) is 2.25. The van der Waals surface area contributed by atoms with Crippen LogP contribution in [0, 0.1) is 12.7 Å². The Balaban J connectivity index is 2.13. The summed E-state index contributed by atoms with van der Waals surface area (Å²) in [4.78, 5) is 21.0. The van der Waals surface area contributed by atoms with E-state index in [1.807, 2.05) is 0 Å². The van der Waals surface area contributed by atoms with Crippen molar-refractivity contribution in [1.29, 1.82) is 0 Å². The molecule has 1 aromatic heterocycles. The second kappa shape index (κ2) is 5.57. The first-order chi connectivity index (χ1) is 11.8. The summed E-state index contributed by atoms with van der Waals surface area (Å²) in [5, 5.41) is 0.724. The predicted octanol–water partition coefficient (Wildman–Crippen LogP) is 1.94. The number of aromatic nitrogens is 2. The van der Waals surface area contributed by atoms with Crippen molar-refractivity contribution in [2.75, 3.05) is 31.6 Å². The van der Waals surface area contributed by atoms with Crippen LogP contribution in [0.2, 0.25) is 5.02 Å². The van der Waals surface area contributed by atoms with Crippen LogP contribution in [-0.4, -0.2) is 53.3 Å². The van der Waals surface area contributed by atoms with E-state index in [4.69, 9.17) is 16.3 Å². The van der Waals surface area contributed by atoms with Gasteiger partial charge in [-0.2, -0.15) is 4.98 Å². The topological polar surface area (TPSA) is 50.6 Å². The third-order valence-electron chi connectivity index (χ3n) is 5.21. The Hall–Kier alpha value is -1.86. The first kappa shape index (κ1) is 16.6. The Morgan fingerprint density at radius 2 is 2.04 bits per heavy atom. The summed E-state index contributed by atoms with van der Waals surface area (Å²) in [5.41, 5.74) is -0.0131. The first-order valence-electron chi connectivity index (χ1n) is 8.29. The van der Waals surface area contributed by atoms with Gasteiger partial charge in [-0.1, -0.05) is 11.6 Å². The largest absolute Gasteiger partial charge is 0.489 e. The minimum Gasteiger partial charge on any atom is -0.489 e. The van der Waals surface area contributed by atoms with Crippen molar-refractivity contribution < 1.29 is 9.13 Å². The molecule has 1 aromatic carbocycles. The lowest BCUT2D eigenvalue weighted by Crippen LogP contribution is -2.59. The average molecular weight is 367 g/mol. The molecule has 0 N–H and O–H groups in total. The monoisotopic (exact) mass is 366 g/mol. The lowest BCUT2D eigenvalue weighted by Gasteiger charge is -2.44. The number of benzene rings is 1. The Kier molecular flexibility index (Phi) is 3.70. The number of likely N-dealkylation sites (N-methyl/N-ethyl adjacent to an activating group) is 1. The van der Waals surface area contributed by atoms with Crippen LogP contribution in [0.3, 0.4) is 0 Å². The van der Waals surface area contributed by atoms with Crippen LogP contribution in [0.15, 0.2) is 4.79 Å². The van der Waals surface area contributed by atoms with Gasteiger partial charge in [0.15, 0.2) is 11.6 Å². The van der Waals surface area contributed by atoms with Crippen LogP contribution < -0.4 is 15.3 Å². The van der Waals surface area contributed by atoms with Gasteiger partial charge >= 0.3 is 5.69 Å². The summed E-state index contributed by atoms with van der Waals surface area (Å²) in [6, 6.07) is 0.132. The Bertz CT molecular complexity index is 945. The SMILES string of the molecule is Cc1c(Cl)c2c3c(nc(=O)n(C)c3c1F)N1C(C)CN(C)CC1CO2. The van der Waals surface area contributed by atoms with E-state index in [1.165, 1.54) is 11.6 Å². The molecule has 8 heteroatoms. The van der Waals surface area contributed by atoms with Gasteiger partial charge in [0, 0.05) is 31.7 Å². The maximum Gasteiger partial charge on any atom is 0.349 e. The molecule has 4 rings (SSSR count). The van der Waals surface area contributed by atoms with Crippen LogP contribution in [0.1, 0.15) is 12.5 Å². The molecule has 0 amide bonds. The van der Waals surface area contributed by atoms with Crippen LogP contribution in [0.4, 0.5) is 10.2 Å². The normalized spacial score (nSPS) is 23.4. The van der Waals surface area contributed by atoms with Crippen molar-refractivity contribution in [1.82, 2.24) is 14.5 Å². The Labute approximate surface area is 149 Å². The molecule has 0 aliphatic carbocycles. The fraction of sp³-hybridized carbons (Fsp3) is 0.529. The van der Waals surface area contributed by atoms with Gasteiger partial charge in [0.2, 0.25) is 0 Å². The van der Waals surface area contributed by atoms with E-state index in [9.17, 15) is 9.18 Å². The first-order valence-corrected chi connectivity index (χ1v) is 8.67. The minimum absolute atomic E-state index is 0.0170. The van der Waals surface area contributed by atoms with Crippen LogP contribution >= 0.6 is 11.6 Å². The number of halogens is 2. The second-order valence-corrected chi connectivity index (χ2v) is 7.40. The van der Waals surface area contributed by atoms with Gasteiger partial charge in [-0.25, -0.2) is 9.18 Å². The molecular weight excluding hydrogens is 347 g/mol. The molecule has 2 aliphatic rings. The molecule has 6 nitrogen and oxygen atoms in total. The maximum absolute atomic E-state index is 15.0. The molecule has 0 spiro atoms. The van der Waals surface area contributed by atoms with Crippen LogP contribution in [-0.2, 0) is 7.05 Å². The number of rotatable bonds is 0. The van der Waals surface area contributed by atoms with Crippen molar-refractivity contribution in [2.24, 2.45) is 7.05 Å². The highest BCUT2D eigenvalue weighted by Gasteiger charge is 2.38. The quantitative estimate of drug-likeness (QED) is 0.713. The zero-order valence-corrected chi connectivity index (χ0v) is 15.4. The lowest BCUT2D eigenvalue weighted by molar-refractivity contribution is 0.186. The molecular formula is C17H20ClFN4O2. The molecule has 3 heterocycles. The van der Waals surface area contributed by atoms with Gasteiger partial charge in [0.25, 0.3) is 0 Å². The molecule has 2 unspecified atom stereocenters. The summed E-state index contributed by atoms with van der Waals surface area (Å²) in [7, 11) is 3.57. The number of nitrogens with zero attached hydrogens (tertiary/aromatic N) is 4. The molecule has 2 atom stereocenters. The highest BCUT2D eigenvalue weighted by atomic mass is 35.5. The van der Waals surface area contributed by atoms with Crippen molar-refractivity contribution in [3.05, 3.63) is 26.9 Å². The van der Waals surface area contributed by atoms with Gasteiger partial charge in [0.1, 0.15) is 12.4 Å². The van der Waals surface area contributed by atoms with Gasteiger partial charge < -0.3 is 14.5 Å². The molecule has 2 aromatic rings. The van der Waals surface area contributed by atoms with E-state index < -0.39 is 11.5 Å². The standard InChI is InChI=1S/C17H20ClFN4O2/c1-8-5-21(3)6-10-7-25-15-11-14(13(19)9(2)12(15)18)22(4)17(24)20-16(11)23(8)10/h8,10H,5-7H2,1-4H3. The second-order valence-electron chi connectivity index (χ2n) is 7.03. The number of hydrogen-bond acceptors (Lipinski definition) is 5. The molecule has 1 saturated heterocycles. The van der Waals surface area contributed by atoms with E-state index >= 15 is 0 Å². The van der Waals surface area contributed by atoms with Crippen molar-refractivity contribution in [3.63, 3.8) is 0 Å². The minimum atomic E-state index is -0.504. The summed E-state index contributed by atoms with van der Waals surface area (Å²) >= 11 is 6.40.